The highest BCUT2D eigenvalue weighted by Crippen LogP contribution is 2.29. The van der Waals surface area contributed by atoms with Gasteiger partial charge in [0.25, 0.3) is 5.91 Å². The van der Waals surface area contributed by atoms with Gasteiger partial charge >= 0.3 is 0 Å². The van der Waals surface area contributed by atoms with Gasteiger partial charge in [-0.1, -0.05) is 54.6 Å². The molecule has 106 valence electrons. The zero-order chi connectivity index (χ0) is 15.4. The highest BCUT2D eigenvalue weighted by atomic mass is 16.2. The Kier molecular flexibility index (Phi) is 3.84. The summed E-state index contributed by atoms with van der Waals surface area (Å²) in [5, 5.41) is 9.44. The van der Waals surface area contributed by atoms with Crippen LogP contribution in [0.3, 0.4) is 0 Å². The summed E-state index contributed by atoms with van der Waals surface area (Å²) in [6, 6.07) is 18.9. The Labute approximate surface area is 129 Å². The minimum absolute atomic E-state index is 0.207. The van der Waals surface area contributed by atoms with Gasteiger partial charge in [0.1, 0.15) is 6.04 Å². The van der Waals surface area contributed by atoms with Crippen LogP contribution in [-0.4, -0.2) is 10.8 Å². The van der Waals surface area contributed by atoms with E-state index in [4.69, 9.17) is 0 Å². The lowest BCUT2D eigenvalue weighted by atomic mass is 9.97. The Balaban J connectivity index is 1.85. The van der Waals surface area contributed by atoms with Gasteiger partial charge in [-0.25, -0.2) is 0 Å². The minimum atomic E-state index is -0.589. The predicted octanol–water partition coefficient (Wildman–Crippen LogP) is 3.78. The largest absolute Gasteiger partial charge is 0.295 e. The van der Waals surface area contributed by atoms with Crippen molar-refractivity contribution < 1.29 is 4.79 Å². The molecule has 0 saturated heterocycles. The Morgan fingerprint density at radius 1 is 1.09 bits per heavy atom. The third-order valence-electron chi connectivity index (χ3n) is 3.58. The van der Waals surface area contributed by atoms with Crippen LogP contribution in [-0.2, 0) is 4.79 Å². The maximum atomic E-state index is 12.4. The molecule has 2 aromatic rings. The molecule has 0 N–H and O–H groups in total. The summed E-state index contributed by atoms with van der Waals surface area (Å²) in [7, 11) is 0. The summed E-state index contributed by atoms with van der Waals surface area (Å²) in [6.45, 7) is 0. The van der Waals surface area contributed by atoms with Gasteiger partial charge in [0.2, 0.25) is 0 Å². The summed E-state index contributed by atoms with van der Waals surface area (Å²) in [6.07, 6.45) is 6.79. The maximum absolute atomic E-state index is 12.4. The van der Waals surface area contributed by atoms with Crippen LogP contribution in [0.25, 0.3) is 12.2 Å². The third-order valence-corrected chi connectivity index (χ3v) is 3.58. The Bertz CT molecular complexity index is 785. The fourth-order valence-electron chi connectivity index (χ4n) is 2.46. The molecule has 3 nitrogen and oxygen atoms in total. The van der Waals surface area contributed by atoms with Gasteiger partial charge < -0.3 is 0 Å². The van der Waals surface area contributed by atoms with Crippen LogP contribution >= 0.6 is 0 Å². The minimum Gasteiger partial charge on any atom is -0.295 e. The first-order valence-corrected chi connectivity index (χ1v) is 7.02. The standard InChI is InChI=1S/C19H14N2O/c20-14-18-17-9-5-4-8-16(17)12-13-21(18)19(22)11-10-15-6-2-1-3-7-15/h1-13,18H/b11-10-/t18-/m1/s1. The normalized spacial score (nSPS) is 16.3. The number of benzene rings is 2. The molecule has 0 aromatic heterocycles. The van der Waals surface area contributed by atoms with Crippen LogP contribution in [0.2, 0.25) is 0 Å². The summed E-state index contributed by atoms with van der Waals surface area (Å²) >= 11 is 0. The average molecular weight is 286 g/mol. The van der Waals surface area contributed by atoms with E-state index in [-0.39, 0.29) is 5.91 Å². The Morgan fingerprint density at radius 2 is 1.82 bits per heavy atom. The Morgan fingerprint density at radius 3 is 2.59 bits per heavy atom. The van der Waals surface area contributed by atoms with Gasteiger partial charge in [-0.3, -0.25) is 9.69 Å². The van der Waals surface area contributed by atoms with Gasteiger partial charge in [0, 0.05) is 12.3 Å². The van der Waals surface area contributed by atoms with Gasteiger partial charge in [-0.05, 0) is 28.8 Å². The van der Waals surface area contributed by atoms with Crippen molar-refractivity contribution in [3.05, 3.63) is 83.6 Å². The van der Waals surface area contributed by atoms with Crippen LogP contribution < -0.4 is 0 Å². The lowest BCUT2D eigenvalue weighted by molar-refractivity contribution is -0.124. The quantitative estimate of drug-likeness (QED) is 0.789. The van der Waals surface area contributed by atoms with E-state index in [1.54, 1.807) is 12.3 Å². The first-order valence-electron chi connectivity index (χ1n) is 7.02. The number of rotatable bonds is 2. The highest BCUT2D eigenvalue weighted by Gasteiger charge is 2.26. The molecule has 22 heavy (non-hydrogen) atoms. The fourth-order valence-corrected chi connectivity index (χ4v) is 2.46. The molecule has 1 aliphatic heterocycles. The van der Waals surface area contributed by atoms with E-state index in [2.05, 4.69) is 6.07 Å². The third kappa shape index (κ3) is 2.68. The van der Waals surface area contributed by atoms with E-state index >= 15 is 0 Å². The summed E-state index contributed by atoms with van der Waals surface area (Å²) in [4.78, 5) is 13.8. The van der Waals surface area contributed by atoms with Crippen molar-refractivity contribution in [1.82, 2.24) is 4.90 Å². The molecular weight excluding hydrogens is 272 g/mol. The number of amides is 1. The maximum Gasteiger partial charge on any atom is 0.251 e. The first-order chi connectivity index (χ1) is 10.8. The van der Waals surface area contributed by atoms with Gasteiger partial charge in [-0.2, -0.15) is 5.26 Å². The van der Waals surface area contributed by atoms with Crippen molar-refractivity contribution in [2.24, 2.45) is 0 Å². The number of hydrogen-bond donors (Lipinski definition) is 0. The fraction of sp³-hybridized carbons (Fsp3) is 0.0526. The van der Waals surface area contributed by atoms with Crippen LogP contribution in [0.15, 0.2) is 66.9 Å². The molecular formula is C19H14N2O. The summed E-state index contributed by atoms with van der Waals surface area (Å²) in [5.41, 5.74) is 2.78. The molecule has 3 heteroatoms. The van der Waals surface area contributed by atoms with Crippen molar-refractivity contribution in [3.63, 3.8) is 0 Å². The molecule has 1 heterocycles. The molecule has 0 aliphatic carbocycles. The Hall–Kier alpha value is -3.12. The lowest BCUT2D eigenvalue weighted by Gasteiger charge is -2.27. The van der Waals surface area contributed by atoms with E-state index in [0.717, 1.165) is 16.7 Å². The average Bonchev–Trinajstić information content (AvgIpc) is 2.59. The zero-order valence-corrected chi connectivity index (χ0v) is 11.9. The second-order valence-electron chi connectivity index (χ2n) is 4.97. The molecule has 0 unspecified atom stereocenters. The predicted molar refractivity (Wildman–Crippen MR) is 86.2 cm³/mol. The number of fused-ring (bicyclic) bond motifs is 1. The van der Waals surface area contributed by atoms with Crippen LogP contribution in [0, 0.1) is 11.3 Å². The number of carbonyl (C=O) groups is 1. The van der Waals surface area contributed by atoms with Crippen molar-refractivity contribution in [2.75, 3.05) is 0 Å². The van der Waals surface area contributed by atoms with E-state index in [9.17, 15) is 10.1 Å². The van der Waals surface area contributed by atoms with Crippen molar-refractivity contribution in [3.8, 4) is 6.07 Å². The molecule has 0 bridgehead atoms. The lowest BCUT2D eigenvalue weighted by Crippen LogP contribution is -2.30. The molecule has 1 aliphatic rings. The number of nitriles is 1. The monoisotopic (exact) mass is 286 g/mol. The summed E-state index contributed by atoms with van der Waals surface area (Å²) < 4.78 is 0. The van der Waals surface area contributed by atoms with Crippen molar-refractivity contribution in [2.45, 2.75) is 6.04 Å². The highest BCUT2D eigenvalue weighted by molar-refractivity contribution is 5.94. The van der Waals surface area contributed by atoms with Gasteiger partial charge in [0.05, 0.1) is 6.07 Å². The van der Waals surface area contributed by atoms with Crippen LogP contribution in [0.4, 0.5) is 0 Å². The van der Waals surface area contributed by atoms with Gasteiger partial charge in [-0.15, -0.1) is 0 Å². The van der Waals surface area contributed by atoms with E-state index < -0.39 is 6.04 Å². The zero-order valence-electron chi connectivity index (χ0n) is 11.9. The van der Waals surface area contributed by atoms with Gasteiger partial charge in [0.15, 0.2) is 0 Å². The van der Waals surface area contributed by atoms with Crippen molar-refractivity contribution in [1.29, 1.82) is 5.26 Å². The molecule has 0 fully saturated rings. The summed E-state index contributed by atoms with van der Waals surface area (Å²) in [5.74, 6) is -0.207. The van der Waals surface area contributed by atoms with E-state index in [1.165, 1.54) is 11.0 Å². The number of hydrogen-bond acceptors (Lipinski definition) is 2. The molecule has 0 saturated carbocycles. The molecule has 3 rings (SSSR count). The van der Waals surface area contributed by atoms with E-state index in [1.807, 2.05) is 60.7 Å². The SMILES string of the molecule is N#C[C@@H]1c2ccccc2C=CN1C(=O)/C=C\c1ccccc1. The second kappa shape index (κ2) is 6.11. The molecule has 1 amide bonds. The number of carbonyl (C=O) groups excluding carboxylic acids is 1. The molecule has 0 radical (unpaired) electrons. The van der Waals surface area contributed by atoms with Crippen LogP contribution in [0.5, 0.6) is 0 Å². The van der Waals surface area contributed by atoms with E-state index in [0.29, 0.717) is 0 Å². The molecule has 2 aromatic carbocycles. The smallest absolute Gasteiger partial charge is 0.251 e. The van der Waals surface area contributed by atoms with Crippen LogP contribution in [0.1, 0.15) is 22.7 Å². The first kappa shape index (κ1) is 13.8. The van der Waals surface area contributed by atoms with Crippen molar-refractivity contribution >= 4 is 18.1 Å². The topological polar surface area (TPSA) is 44.1 Å². The second-order valence-corrected chi connectivity index (χ2v) is 4.97. The molecule has 1 atom stereocenters. The number of nitrogens with zero attached hydrogens (tertiary/aromatic N) is 2. The molecule has 0 spiro atoms.